The smallest absolute Gasteiger partial charge is 0.246 e. The highest BCUT2D eigenvalue weighted by molar-refractivity contribution is 5.95. The molecule has 0 aliphatic carbocycles. The molecular weight excluding hydrogens is 273 g/mol. The van der Waals surface area contributed by atoms with Crippen LogP contribution in [0.15, 0.2) is 18.2 Å². The van der Waals surface area contributed by atoms with E-state index in [-0.39, 0.29) is 36.5 Å². The number of carbonyl (C=O) groups excluding carboxylic acids is 2. The maximum Gasteiger partial charge on any atom is 0.246 e. The number of hydrogen-bond acceptors (Lipinski definition) is 3. The van der Waals surface area contributed by atoms with Gasteiger partial charge in [-0.05, 0) is 31.4 Å². The summed E-state index contributed by atoms with van der Waals surface area (Å²) in [5.41, 5.74) is 6.36. The SMILES string of the molecule is Nc1cccc(F)c1CN1CC(=O)N2CCCCC2C1=O. The van der Waals surface area contributed by atoms with Crippen molar-refractivity contribution in [2.45, 2.75) is 31.8 Å². The van der Waals surface area contributed by atoms with Crippen LogP contribution in [0, 0.1) is 5.82 Å². The molecule has 2 heterocycles. The van der Waals surface area contributed by atoms with E-state index in [4.69, 9.17) is 5.73 Å². The fourth-order valence-electron chi connectivity index (χ4n) is 3.10. The zero-order valence-corrected chi connectivity index (χ0v) is 11.7. The number of benzene rings is 1. The van der Waals surface area contributed by atoms with Crippen LogP contribution in [0.5, 0.6) is 0 Å². The first-order valence-corrected chi connectivity index (χ1v) is 7.19. The second-order valence-electron chi connectivity index (χ2n) is 5.60. The third kappa shape index (κ3) is 2.46. The summed E-state index contributed by atoms with van der Waals surface area (Å²) in [6, 6.07) is 4.06. The molecule has 2 fully saturated rings. The van der Waals surface area contributed by atoms with Crippen molar-refractivity contribution in [3.8, 4) is 0 Å². The Bertz CT molecular complexity index is 570. The Balaban J connectivity index is 1.83. The molecule has 2 N–H and O–H groups in total. The van der Waals surface area contributed by atoms with E-state index >= 15 is 0 Å². The summed E-state index contributed by atoms with van der Waals surface area (Å²) < 4.78 is 13.8. The molecule has 2 amide bonds. The minimum atomic E-state index is -0.443. The number of nitrogen functional groups attached to an aromatic ring is 1. The van der Waals surface area contributed by atoms with E-state index in [9.17, 15) is 14.0 Å². The number of carbonyl (C=O) groups is 2. The lowest BCUT2D eigenvalue weighted by atomic mass is 9.98. The lowest BCUT2D eigenvalue weighted by Crippen LogP contribution is -2.60. The van der Waals surface area contributed by atoms with E-state index in [1.54, 1.807) is 11.0 Å². The monoisotopic (exact) mass is 291 g/mol. The molecule has 2 aliphatic rings. The Morgan fingerprint density at radius 3 is 2.86 bits per heavy atom. The summed E-state index contributed by atoms with van der Waals surface area (Å²) in [6.07, 6.45) is 2.57. The van der Waals surface area contributed by atoms with Crippen LogP contribution in [0.2, 0.25) is 0 Å². The lowest BCUT2D eigenvalue weighted by Gasteiger charge is -2.42. The fourth-order valence-corrected chi connectivity index (χ4v) is 3.10. The Morgan fingerprint density at radius 1 is 1.29 bits per heavy atom. The van der Waals surface area contributed by atoms with Crippen LogP contribution < -0.4 is 5.73 Å². The van der Waals surface area contributed by atoms with Gasteiger partial charge in [-0.25, -0.2) is 4.39 Å². The van der Waals surface area contributed by atoms with Gasteiger partial charge < -0.3 is 15.5 Å². The lowest BCUT2D eigenvalue weighted by molar-refractivity contribution is -0.158. The number of anilines is 1. The third-order valence-electron chi connectivity index (χ3n) is 4.25. The molecule has 1 aromatic rings. The van der Waals surface area contributed by atoms with Crippen LogP contribution in [0.4, 0.5) is 10.1 Å². The van der Waals surface area contributed by atoms with E-state index in [0.29, 0.717) is 18.7 Å². The van der Waals surface area contributed by atoms with Gasteiger partial charge in [-0.15, -0.1) is 0 Å². The topological polar surface area (TPSA) is 66.6 Å². The van der Waals surface area contributed by atoms with Gasteiger partial charge in [-0.3, -0.25) is 9.59 Å². The summed E-state index contributed by atoms with van der Waals surface area (Å²) >= 11 is 0. The Hall–Kier alpha value is -2.11. The molecule has 21 heavy (non-hydrogen) atoms. The van der Waals surface area contributed by atoms with Gasteiger partial charge in [-0.2, -0.15) is 0 Å². The molecule has 112 valence electrons. The normalized spacial score (nSPS) is 22.4. The number of hydrogen-bond donors (Lipinski definition) is 1. The molecule has 1 aromatic carbocycles. The van der Waals surface area contributed by atoms with Crippen LogP contribution in [0.1, 0.15) is 24.8 Å². The van der Waals surface area contributed by atoms with E-state index in [2.05, 4.69) is 0 Å². The van der Waals surface area contributed by atoms with Crippen LogP contribution in [-0.2, 0) is 16.1 Å². The predicted octanol–water partition coefficient (Wildman–Crippen LogP) is 1.13. The number of halogens is 1. The van der Waals surface area contributed by atoms with Gasteiger partial charge in [0.25, 0.3) is 0 Å². The van der Waals surface area contributed by atoms with Gasteiger partial charge >= 0.3 is 0 Å². The van der Waals surface area contributed by atoms with Gasteiger partial charge in [0, 0.05) is 17.8 Å². The molecule has 5 nitrogen and oxygen atoms in total. The highest BCUT2D eigenvalue weighted by Gasteiger charge is 2.40. The highest BCUT2D eigenvalue weighted by Crippen LogP contribution is 2.25. The molecule has 2 saturated heterocycles. The largest absolute Gasteiger partial charge is 0.398 e. The van der Waals surface area contributed by atoms with E-state index in [0.717, 1.165) is 12.8 Å². The minimum Gasteiger partial charge on any atom is -0.398 e. The maximum absolute atomic E-state index is 13.8. The standard InChI is InChI=1S/C15H18FN3O2/c16-11-4-3-5-12(17)10(11)8-18-9-14(20)19-7-2-1-6-13(19)15(18)21/h3-5,13H,1-2,6-9,17H2. The van der Waals surface area contributed by atoms with Crippen molar-refractivity contribution in [1.29, 1.82) is 0 Å². The molecule has 6 heteroatoms. The Labute approximate surface area is 122 Å². The first kappa shape index (κ1) is 13.9. The zero-order chi connectivity index (χ0) is 15.0. The first-order chi connectivity index (χ1) is 10.1. The number of nitrogens with two attached hydrogens (primary N) is 1. The Kier molecular flexibility index (Phi) is 3.53. The van der Waals surface area contributed by atoms with Crippen molar-refractivity contribution >= 4 is 17.5 Å². The summed E-state index contributed by atoms with van der Waals surface area (Å²) in [5, 5.41) is 0. The molecule has 0 saturated carbocycles. The van der Waals surface area contributed by atoms with Crippen LogP contribution in [0.3, 0.4) is 0 Å². The number of rotatable bonds is 2. The second-order valence-corrected chi connectivity index (χ2v) is 5.60. The van der Waals surface area contributed by atoms with Crippen molar-refractivity contribution in [2.24, 2.45) is 0 Å². The van der Waals surface area contributed by atoms with E-state index < -0.39 is 5.82 Å². The van der Waals surface area contributed by atoms with Gasteiger partial charge in [0.05, 0.1) is 6.54 Å². The minimum absolute atomic E-state index is 0.00308. The highest BCUT2D eigenvalue weighted by atomic mass is 19.1. The predicted molar refractivity (Wildman–Crippen MR) is 75.6 cm³/mol. The van der Waals surface area contributed by atoms with Crippen molar-refractivity contribution in [3.05, 3.63) is 29.6 Å². The second kappa shape index (κ2) is 5.35. The first-order valence-electron chi connectivity index (χ1n) is 7.19. The summed E-state index contributed by atoms with van der Waals surface area (Å²) in [7, 11) is 0. The summed E-state index contributed by atoms with van der Waals surface area (Å²) in [6.45, 7) is 0.696. The molecule has 3 rings (SSSR count). The summed E-state index contributed by atoms with van der Waals surface area (Å²) in [5.74, 6) is -0.604. The zero-order valence-electron chi connectivity index (χ0n) is 11.7. The number of piperidine rings is 1. The maximum atomic E-state index is 13.8. The fraction of sp³-hybridized carbons (Fsp3) is 0.467. The van der Waals surface area contributed by atoms with Gasteiger partial charge in [-0.1, -0.05) is 6.07 Å². The number of piperazine rings is 1. The quantitative estimate of drug-likeness (QED) is 0.831. The average Bonchev–Trinajstić information content (AvgIpc) is 2.48. The van der Waals surface area contributed by atoms with Gasteiger partial charge in [0.15, 0.2) is 0 Å². The third-order valence-corrected chi connectivity index (χ3v) is 4.25. The van der Waals surface area contributed by atoms with Gasteiger partial charge in [0.2, 0.25) is 11.8 Å². The van der Waals surface area contributed by atoms with Crippen LogP contribution in [-0.4, -0.2) is 40.7 Å². The molecule has 0 aromatic heterocycles. The molecule has 0 bridgehead atoms. The molecule has 1 unspecified atom stereocenters. The number of amides is 2. The average molecular weight is 291 g/mol. The number of fused-ring (bicyclic) bond motifs is 1. The van der Waals surface area contributed by atoms with Crippen molar-refractivity contribution in [1.82, 2.24) is 9.80 Å². The van der Waals surface area contributed by atoms with Crippen molar-refractivity contribution in [2.75, 3.05) is 18.8 Å². The van der Waals surface area contributed by atoms with Crippen LogP contribution in [0.25, 0.3) is 0 Å². The molecular formula is C15H18FN3O2. The van der Waals surface area contributed by atoms with Crippen molar-refractivity contribution < 1.29 is 14.0 Å². The summed E-state index contributed by atoms with van der Waals surface area (Å²) in [4.78, 5) is 27.7. The molecule has 2 aliphatic heterocycles. The molecule has 0 spiro atoms. The molecule has 0 radical (unpaired) electrons. The van der Waals surface area contributed by atoms with E-state index in [1.165, 1.54) is 17.0 Å². The Morgan fingerprint density at radius 2 is 2.10 bits per heavy atom. The van der Waals surface area contributed by atoms with Gasteiger partial charge in [0.1, 0.15) is 18.4 Å². The van der Waals surface area contributed by atoms with Crippen molar-refractivity contribution in [3.63, 3.8) is 0 Å². The number of nitrogens with zero attached hydrogens (tertiary/aromatic N) is 2. The van der Waals surface area contributed by atoms with E-state index in [1.807, 2.05) is 0 Å². The molecule has 1 atom stereocenters. The van der Waals surface area contributed by atoms with Crippen LogP contribution >= 0.6 is 0 Å².